The first-order valence-electron chi connectivity index (χ1n) is 8.91. The molecule has 0 saturated carbocycles. The lowest BCUT2D eigenvalue weighted by atomic mass is 10.2. The third kappa shape index (κ3) is 10.6. The number of unbranched alkanes of at least 4 members (excludes halogenated alkanes) is 1. The number of nitrogens with zero attached hydrogens (tertiary/aromatic N) is 1. The van der Waals surface area contributed by atoms with Crippen molar-refractivity contribution in [2.75, 3.05) is 26.3 Å². The molecule has 3 N–H and O–H groups in total. The van der Waals surface area contributed by atoms with Gasteiger partial charge in [-0.1, -0.05) is 33.3 Å². The van der Waals surface area contributed by atoms with E-state index in [0.29, 0.717) is 38.0 Å². The van der Waals surface area contributed by atoms with Gasteiger partial charge >= 0.3 is 6.09 Å². The second kappa shape index (κ2) is 12.5. The van der Waals surface area contributed by atoms with Crippen molar-refractivity contribution in [1.29, 1.82) is 0 Å². The average Bonchev–Trinajstić information content (AvgIpc) is 2.59. The molecule has 0 aliphatic carbocycles. The Balaban J connectivity index is 2.21. The Hall–Kier alpha value is -1.86. The molecule has 142 valence electrons. The first-order chi connectivity index (χ1) is 12.0. The number of hydrogen-bond acceptors (Lipinski definition) is 6. The van der Waals surface area contributed by atoms with E-state index in [1.54, 1.807) is 12.3 Å². The fourth-order valence-electron chi connectivity index (χ4n) is 1.93. The highest BCUT2D eigenvalue weighted by Gasteiger charge is 2.07. The van der Waals surface area contributed by atoms with E-state index in [2.05, 4.69) is 15.6 Å². The molecule has 25 heavy (non-hydrogen) atoms. The quantitative estimate of drug-likeness (QED) is 0.497. The molecule has 1 rings (SSSR count). The standard InChI is InChI=1S/C18H31N3O4/c1-4-5-10-24-18(23)19-9-8-15-6-7-17(21-11-15)25-13-16(22)12-20-14(2)3/h6-7,11,14,16,20,22H,4-5,8-10,12-13H2,1-3H3,(H,19,23). The first kappa shape index (κ1) is 21.2. The summed E-state index contributed by atoms with van der Waals surface area (Å²) in [6.45, 7) is 7.71. The van der Waals surface area contributed by atoms with Gasteiger partial charge in [-0.05, 0) is 18.4 Å². The highest BCUT2D eigenvalue weighted by Crippen LogP contribution is 2.08. The molecule has 7 nitrogen and oxygen atoms in total. The summed E-state index contributed by atoms with van der Waals surface area (Å²) in [5.74, 6) is 0.472. The van der Waals surface area contributed by atoms with Crippen LogP contribution in [0.3, 0.4) is 0 Å². The average molecular weight is 353 g/mol. The maximum Gasteiger partial charge on any atom is 0.407 e. The Kier molecular flexibility index (Phi) is 10.6. The monoisotopic (exact) mass is 353 g/mol. The van der Waals surface area contributed by atoms with E-state index in [4.69, 9.17) is 9.47 Å². The van der Waals surface area contributed by atoms with Gasteiger partial charge in [-0.15, -0.1) is 0 Å². The van der Waals surface area contributed by atoms with Gasteiger partial charge in [0.05, 0.1) is 6.61 Å². The van der Waals surface area contributed by atoms with Crippen molar-refractivity contribution in [3.8, 4) is 5.88 Å². The molecule has 0 aromatic carbocycles. The zero-order valence-electron chi connectivity index (χ0n) is 15.5. The lowest BCUT2D eigenvalue weighted by Gasteiger charge is -2.14. The summed E-state index contributed by atoms with van der Waals surface area (Å²) < 4.78 is 10.5. The highest BCUT2D eigenvalue weighted by atomic mass is 16.5. The van der Waals surface area contributed by atoms with E-state index in [1.165, 1.54) is 0 Å². The van der Waals surface area contributed by atoms with E-state index in [9.17, 15) is 9.90 Å². The van der Waals surface area contributed by atoms with Crippen molar-refractivity contribution >= 4 is 6.09 Å². The van der Waals surface area contributed by atoms with Crippen LogP contribution < -0.4 is 15.4 Å². The number of aliphatic hydroxyl groups excluding tert-OH is 1. The van der Waals surface area contributed by atoms with Gasteiger partial charge in [-0.2, -0.15) is 0 Å². The molecule has 0 radical (unpaired) electrons. The second-order valence-electron chi connectivity index (χ2n) is 6.20. The molecule has 7 heteroatoms. The molecular weight excluding hydrogens is 322 g/mol. The van der Waals surface area contributed by atoms with Crippen LogP contribution in [0.5, 0.6) is 5.88 Å². The smallest absolute Gasteiger partial charge is 0.407 e. The highest BCUT2D eigenvalue weighted by molar-refractivity contribution is 5.67. The molecule has 0 saturated heterocycles. The molecule has 1 atom stereocenters. The van der Waals surface area contributed by atoms with Crippen molar-refractivity contribution in [3.05, 3.63) is 23.9 Å². The van der Waals surface area contributed by atoms with Crippen LogP contribution in [0.25, 0.3) is 0 Å². The molecule has 0 fully saturated rings. The van der Waals surface area contributed by atoms with Crippen molar-refractivity contribution in [1.82, 2.24) is 15.6 Å². The molecule has 0 bridgehead atoms. The van der Waals surface area contributed by atoms with Crippen LogP contribution in [-0.2, 0) is 11.2 Å². The number of alkyl carbamates (subject to hydrolysis) is 1. The molecule has 0 aliphatic heterocycles. The van der Waals surface area contributed by atoms with Gasteiger partial charge in [0.25, 0.3) is 0 Å². The predicted molar refractivity (Wildman–Crippen MR) is 96.8 cm³/mol. The Morgan fingerprint density at radius 3 is 2.80 bits per heavy atom. The fourth-order valence-corrected chi connectivity index (χ4v) is 1.93. The van der Waals surface area contributed by atoms with Gasteiger partial charge in [0, 0.05) is 31.4 Å². The summed E-state index contributed by atoms with van der Waals surface area (Å²) in [7, 11) is 0. The molecule has 1 amide bonds. The number of aromatic nitrogens is 1. The molecule has 0 spiro atoms. The topological polar surface area (TPSA) is 92.7 Å². The van der Waals surface area contributed by atoms with Crippen molar-refractivity contribution in [2.24, 2.45) is 0 Å². The van der Waals surface area contributed by atoms with Crippen LogP contribution in [0.1, 0.15) is 39.2 Å². The second-order valence-corrected chi connectivity index (χ2v) is 6.20. The minimum atomic E-state index is -0.577. The number of pyridine rings is 1. The summed E-state index contributed by atoms with van der Waals surface area (Å²) >= 11 is 0. The zero-order chi connectivity index (χ0) is 18.5. The molecule has 1 aromatic heterocycles. The Bertz CT molecular complexity index is 480. The van der Waals surface area contributed by atoms with Crippen LogP contribution in [-0.4, -0.2) is 54.6 Å². The lowest BCUT2D eigenvalue weighted by molar-refractivity contribution is 0.102. The van der Waals surface area contributed by atoms with Crippen LogP contribution >= 0.6 is 0 Å². The van der Waals surface area contributed by atoms with Gasteiger partial charge in [0.1, 0.15) is 12.7 Å². The van der Waals surface area contributed by atoms with Crippen LogP contribution in [0.2, 0.25) is 0 Å². The summed E-state index contributed by atoms with van der Waals surface area (Å²) in [4.78, 5) is 15.6. The minimum Gasteiger partial charge on any atom is -0.475 e. The third-order valence-electron chi connectivity index (χ3n) is 3.40. The maximum atomic E-state index is 11.4. The molecule has 1 aromatic rings. The number of carbonyl (C=O) groups excluding carboxylic acids is 1. The molecule has 0 aliphatic rings. The lowest BCUT2D eigenvalue weighted by Crippen LogP contribution is -2.35. The minimum absolute atomic E-state index is 0.192. The number of aliphatic hydroxyl groups is 1. The van der Waals surface area contributed by atoms with Gasteiger partial charge < -0.3 is 25.2 Å². The van der Waals surface area contributed by atoms with E-state index >= 15 is 0 Å². The number of ether oxygens (including phenoxy) is 2. The summed E-state index contributed by atoms with van der Waals surface area (Å²) in [6.07, 6.45) is 3.28. The van der Waals surface area contributed by atoms with E-state index in [0.717, 1.165) is 18.4 Å². The van der Waals surface area contributed by atoms with Crippen molar-refractivity contribution < 1.29 is 19.4 Å². The van der Waals surface area contributed by atoms with Crippen LogP contribution in [0.15, 0.2) is 18.3 Å². The van der Waals surface area contributed by atoms with Crippen molar-refractivity contribution in [3.63, 3.8) is 0 Å². The SMILES string of the molecule is CCCCOC(=O)NCCc1ccc(OCC(O)CNC(C)C)nc1. The number of rotatable bonds is 12. The van der Waals surface area contributed by atoms with Gasteiger partial charge in [0.2, 0.25) is 5.88 Å². The number of hydrogen-bond donors (Lipinski definition) is 3. The van der Waals surface area contributed by atoms with Gasteiger partial charge in [-0.3, -0.25) is 0 Å². The van der Waals surface area contributed by atoms with E-state index < -0.39 is 6.10 Å². The Morgan fingerprint density at radius 1 is 1.36 bits per heavy atom. The summed E-state index contributed by atoms with van der Waals surface area (Å²) in [5.41, 5.74) is 0.989. The van der Waals surface area contributed by atoms with Crippen LogP contribution in [0, 0.1) is 0 Å². The first-order valence-corrected chi connectivity index (χ1v) is 8.91. The van der Waals surface area contributed by atoms with E-state index in [1.807, 2.05) is 26.8 Å². The summed E-state index contributed by atoms with van der Waals surface area (Å²) in [6, 6.07) is 3.98. The summed E-state index contributed by atoms with van der Waals surface area (Å²) in [5, 5.41) is 15.6. The number of nitrogens with one attached hydrogen (secondary N) is 2. The molecular formula is C18H31N3O4. The number of amides is 1. The van der Waals surface area contributed by atoms with Crippen molar-refractivity contribution in [2.45, 2.75) is 52.2 Å². The Labute approximate surface area is 150 Å². The fraction of sp³-hybridized carbons (Fsp3) is 0.667. The zero-order valence-corrected chi connectivity index (χ0v) is 15.5. The molecule has 1 unspecified atom stereocenters. The molecule has 1 heterocycles. The van der Waals surface area contributed by atoms with Gasteiger partial charge in [-0.25, -0.2) is 9.78 Å². The maximum absolute atomic E-state index is 11.4. The van der Waals surface area contributed by atoms with Gasteiger partial charge in [0.15, 0.2) is 0 Å². The normalized spacial score (nSPS) is 12.0. The number of carbonyl (C=O) groups is 1. The van der Waals surface area contributed by atoms with E-state index in [-0.39, 0.29) is 12.7 Å². The predicted octanol–water partition coefficient (Wildman–Crippen LogP) is 1.89. The Morgan fingerprint density at radius 2 is 2.16 bits per heavy atom. The van der Waals surface area contributed by atoms with Crippen LogP contribution in [0.4, 0.5) is 4.79 Å². The third-order valence-corrected chi connectivity index (χ3v) is 3.40. The largest absolute Gasteiger partial charge is 0.475 e.